The van der Waals surface area contributed by atoms with Crippen LogP contribution in [0.3, 0.4) is 0 Å². The summed E-state index contributed by atoms with van der Waals surface area (Å²) in [6.45, 7) is 3.26. The van der Waals surface area contributed by atoms with Crippen molar-refractivity contribution in [2.75, 3.05) is 31.1 Å². The summed E-state index contributed by atoms with van der Waals surface area (Å²) in [4.78, 5) is 35.1. The smallest absolute Gasteiger partial charge is 0.341 e. The summed E-state index contributed by atoms with van der Waals surface area (Å²) in [6, 6.07) is 6.23. The zero-order valence-corrected chi connectivity index (χ0v) is 15.0. The first-order valence-corrected chi connectivity index (χ1v) is 8.95. The molecule has 0 spiro atoms. The van der Waals surface area contributed by atoms with Crippen molar-refractivity contribution in [2.45, 2.75) is 6.42 Å². The minimum atomic E-state index is -1.32. The summed E-state index contributed by atoms with van der Waals surface area (Å²) >= 11 is 0. The molecule has 144 valence electrons. The van der Waals surface area contributed by atoms with Gasteiger partial charge in [-0.2, -0.15) is 4.98 Å². The van der Waals surface area contributed by atoms with E-state index in [0.717, 1.165) is 32.6 Å². The number of anilines is 1. The standard InChI is InChI=1S/C19H19N5O4/c25-13-4-2-12(3-5-13)24-11-15(18(27)28)16(26)14-10-21-19(22-17(14)24)23-8-1-6-20-7-9-23/h2-5,10-11,20,25H,1,6-9H2,(H,27,28). The fourth-order valence-electron chi connectivity index (χ4n) is 3.26. The topological polar surface area (TPSA) is 121 Å². The van der Waals surface area contributed by atoms with Crippen LogP contribution in [0, 0.1) is 0 Å². The van der Waals surface area contributed by atoms with Crippen LogP contribution in [-0.2, 0) is 0 Å². The molecule has 3 heterocycles. The number of aromatic carboxylic acids is 1. The number of carbonyl (C=O) groups is 1. The molecular weight excluding hydrogens is 362 g/mol. The fraction of sp³-hybridized carbons (Fsp3) is 0.263. The van der Waals surface area contributed by atoms with Gasteiger partial charge in [-0.15, -0.1) is 0 Å². The van der Waals surface area contributed by atoms with Crippen LogP contribution in [0.25, 0.3) is 16.7 Å². The minimum absolute atomic E-state index is 0.0833. The number of phenols is 1. The lowest BCUT2D eigenvalue weighted by Gasteiger charge is -2.20. The number of aromatic nitrogens is 3. The summed E-state index contributed by atoms with van der Waals surface area (Å²) < 4.78 is 1.54. The molecule has 28 heavy (non-hydrogen) atoms. The Balaban J connectivity index is 1.94. The Kier molecular flexibility index (Phi) is 4.66. The normalized spacial score (nSPS) is 14.8. The summed E-state index contributed by atoms with van der Waals surface area (Å²) in [5.41, 5.74) is -0.0899. The van der Waals surface area contributed by atoms with E-state index in [4.69, 9.17) is 0 Å². The Morgan fingerprint density at radius 1 is 1.14 bits per heavy atom. The van der Waals surface area contributed by atoms with E-state index in [1.165, 1.54) is 24.5 Å². The second-order valence-corrected chi connectivity index (χ2v) is 6.56. The highest BCUT2D eigenvalue weighted by Gasteiger charge is 2.19. The van der Waals surface area contributed by atoms with Crippen molar-refractivity contribution in [1.29, 1.82) is 0 Å². The molecule has 3 aromatic rings. The lowest BCUT2D eigenvalue weighted by Crippen LogP contribution is -2.30. The van der Waals surface area contributed by atoms with Crippen LogP contribution < -0.4 is 15.6 Å². The quantitative estimate of drug-likeness (QED) is 0.614. The van der Waals surface area contributed by atoms with Crippen LogP contribution in [0.5, 0.6) is 5.75 Å². The summed E-state index contributed by atoms with van der Waals surface area (Å²) in [5.74, 6) is -0.742. The first-order valence-electron chi connectivity index (χ1n) is 8.95. The molecule has 0 atom stereocenters. The second-order valence-electron chi connectivity index (χ2n) is 6.56. The molecule has 0 saturated carbocycles. The van der Waals surface area contributed by atoms with Gasteiger partial charge in [-0.1, -0.05) is 0 Å². The molecule has 3 N–H and O–H groups in total. The van der Waals surface area contributed by atoms with E-state index in [2.05, 4.69) is 15.3 Å². The number of carboxylic acid groups (broad SMARTS) is 1. The van der Waals surface area contributed by atoms with E-state index < -0.39 is 11.4 Å². The van der Waals surface area contributed by atoms with Crippen molar-refractivity contribution < 1.29 is 15.0 Å². The Hall–Kier alpha value is -3.46. The van der Waals surface area contributed by atoms with E-state index in [-0.39, 0.29) is 16.7 Å². The molecule has 1 aromatic carbocycles. The molecule has 9 nitrogen and oxygen atoms in total. The van der Waals surface area contributed by atoms with Gasteiger partial charge in [0.25, 0.3) is 0 Å². The molecule has 1 saturated heterocycles. The van der Waals surface area contributed by atoms with Gasteiger partial charge in [0.05, 0.1) is 5.39 Å². The van der Waals surface area contributed by atoms with Gasteiger partial charge in [0.1, 0.15) is 11.3 Å². The van der Waals surface area contributed by atoms with Crippen LogP contribution in [0.15, 0.2) is 41.5 Å². The maximum absolute atomic E-state index is 12.6. The lowest BCUT2D eigenvalue weighted by molar-refractivity contribution is 0.0695. The molecule has 0 radical (unpaired) electrons. The molecule has 4 rings (SSSR count). The number of nitrogens with one attached hydrogen (secondary N) is 1. The summed E-state index contributed by atoms with van der Waals surface area (Å²) in [7, 11) is 0. The van der Waals surface area contributed by atoms with Crippen molar-refractivity contribution in [2.24, 2.45) is 0 Å². The number of rotatable bonds is 3. The summed E-state index contributed by atoms with van der Waals surface area (Å²) in [5, 5.41) is 22.4. The predicted molar refractivity (Wildman–Crippen MR) is 103 cm³/mol. The lowest BCUT2D eigenvalue weighted by atomic mass is 10.2. The maximum atomic E-state index is 12.6. The van der Waals surface area contributed by atoms with E-state index in [1.807, 2.05) is 4.90 Å². The van der Waals surface area contributed by atoms with Crippen molar-refractivity contribution in [3.63, 3.8) is 0 Å². The van der Waals surface area contributed by atoms with Crippen molar-refractivity contribution in [1.82, 2.24) is 19.9 Å². The number of carboxylic acids is 1. The predicted octanol–water partition coefficient (Wildman–Crippen LogP) is 0.984. The Morgan fingerprint density at radius 3 is 2.68 bits per heavy atom. The number of benzene rings is 1. The number of phenolic OH excluding ortho intramolecular Hbond substituents is 1. The SMILES string of the molecule is O=C(O)c1cn(-c2ccc(O)cc2)c2nc(N3CCCNCC3)ncc2c1=O. The Morgan fingerprint density at radius 2 is 1.93 bits per heavy atom. The van der Waals surface area contributed by atoms with Gasteiger partial charge >= 0.3 is 5.97 Å². The molecule has 0 unspecified atom stereocenters. The van der Waals surface area contributed by atoms with Crippen LogP contribution in [-0.4, -0.2) is 56.9 Å². The second kappa shape index (κ2) is 7.28. The zero-order chi connectivity index (χ0) is 19.7. The molecule has 1 aliphatic heterocycles. The highest BCUT2D eigenvalue weighted by Crippen LogP contribution is 2.20. The van der Waals surface area contributed by atoms with Crippen molar-refractivity contribution in [3.05, 3.63) is 52.4 Å². The van der Waals surface area contributed by atoms with Crippen molar-refractivity contribution in [3.8, 4) is 11.4 Å². The van der Waals surface area contributed by atoms with Crippen LogP contribution >= 0.6 is 0 Å². The van der Waals surface area contributed by atoms with Gasteiger partial charge in [-0.25, -0.2) is 9.78 Å². The molecule has 0 bridgehead atoms. The fourth-order valence-corrected chi connectivity index (χ4v) is 3.26. The maximum Gasteiger partial charge on any atom is 0.341 e. The third kappa shape index (κ3) is 3.27. The van der Waals surface area contributed by atoms with Crippen molar-refractivity contribution >= 4 is 23.0 Å². The van der Waals surface area contributed by atoms with Gasteiger partial charge in [0, 0.05) is 37.7 Å². The molecule has 1 fully saturated rings. The van der Waals surface area contributed by atoms with Gasteiger partial charge < -0.3 is 25.0 Å². The number of pyridine rings is 1. The zero-order valence-electron chi connectivity index (χ0n) is 15.0. The number of hydrogen-bond donors (Lipinski definition) is 3. The molecule has 1 aliphatic rings. The molecule has 0 amide bonds. The average Bonchev–Trinajstić information content (AvgIpc) is 2.98. The first-order chi connectivity index (χ1) is 13.5. The van der Waals surface area contributed by atoms with E-state index >= 15 is 0 Å². The van der Waals surface area contributed by atoms with Gasteiger partial charge in [0.2, 0.25) is 11.4 Å². The third-order valence-electron chi connectivity index (χ3n) is 4.71. The van der Waals surface area contributed by atoms with E-state index in [9.17, 15) is 19.8 Å². The summed E-state index contributed by atoms with van der Waals surface area (Å²) in [6.07, 6.45) is 3.60. The highest BCUT2D eigenvalue weighted by atomic mass is 16.4. The van der Waals surface area contributed by atoms with Crippen LogP contribution in [0.4, 0.5) is 5.95 Å². The van der Waals surface area contributed by atoms with E-state index in [0.29, 0.717) is 17.3 Å². The third-order valence-corrected chi connectivity index (χ3v) is 4.71. The monoisotopic (exact) mass is 381 g/mol. The first kappa shape index (κ1) is 17.9. The molecular formula is C19H19N5O4. The Labute approximate surface area is 159 Å². The number of aromatic hydroxyl groups is 1. The minimum Gasteiger partial charge on any atom is -0.508 e. The Bertz CT molecular complexity index is 1090. The van der Waals surface area contributed by atoms with Crippen LogP contribution in [0.2, 0.25) is 0 Å². The highest BCUT2D eigenvalue weighted by molar-refractivity contribution is 5.92. The van der Waals surface area contributed by atoms with Gasteiger partial charge in [-0.05, 0) is 37.2 Å². The molecule has 9 heteroatoms. The average molecular weight is 381 g/mol. The largest absolute Gasteiger partial charge is 0.508 e. The number of hydrogen-bond acceptors (Lipinski definition) is 7. The van der Waals surface area contributed by atoms with Gasteiger partial charge in [-0.3, -0.25) is 4.79 Å². The molecule has 2 aromatic heterocycles. The van der Waals surface area contributed by atoms with E-state index in [1.54, 1.807) is 16.7 Å². The van der Waals surface area contributed by atoms with Crippen LogP contribution in [0.1, 0.15) is 16.8 Å². The number of fused-ring (bicyclic) bond motifs is 1. The van der Waals surface area contributed by atoms with Gasteiger partial charge in [0.15, 0.2) is 5.65 Å². The number of nitrogens with zero attached hydrogens (tertiary/aromatic N) is 4. The molecule has 0 aliphatic carbocycles.